The first kappa shape index (κ1) is 18.9. The minimum atomic E-state index is -0.250. The first-order chi connectivity index (χ1) is 13.0. The van der Waals surface area contributed by atoms with Crippen molar-refractivity contribution in [2.45, 2.75) is 32.7 Å². The third kappa shape index (κ3) is 4.44. The number of hydrogen-bond acceptors (Lipinski definition) is 3. The van der Waals surface area contributed by atoms with Crippen molar-refractivity contribution in [3.05, 3.63) is 83.2 Å². The van der Waals surface area contributed by atoms with E-state index in [0.29, 0.717) is 23.7 Å². The fourth-order valence-electron chi connectivity index (χ4n) is 2.94. The average Bonchev–Trinajstić information content (AvgIpc) is 3.08. The number of para-hydroxylation sites is 1. The lowest BCUT2D eigenvalue weighted by atomic mass is 9.99. The third-order valence-electron chi connectivity index (χ3n) is 4.68. The van der Waals surface area contributed by atoms with Crippen LogP contribution in [0.2, 0.25) is 0 Å². The number of rotatable bonds is 6. The summed E-state index contributed by atoms with van der Waals surface area (Å²) in [5, 5.41) is 7.36. The van der Waals surface area contributed by atoms with Crippen molar-refractivity contribution in [3.63, 3.8) is 0 Å². The molecule has 1 unspecified atom stereocenters. The molecule has 1 atom stereocenters. The van der Waals surface area contributed by atoms with E-state index in [1.165, 1.54) is 5.56 Å². The van der Waals surface area contributed by atoms with Crippen LogP contribution in [0.4, 0.5) is 0 Å². The number of carbonyl (C=O) groups excluding carboxylic acids is 1. The Morgan fingerprint density at radius 1 is 1.07 bits per heavy atom. The van der Waals surface area contributed by atoms with Crippen molar-refractivity contribution >= 4 is 5.91 Å². The first-order valence-electron chi connectivity index (χ1n) is 9.21. The molecule has 0 spiro atoms. The summed E-state index contributed by atoms with van der Waals surface area (Å²) in [5.41, 5.74) is 10.7. The van der Waals surface area contributed by atoms with Gasteiger partial charge in [0.1, 0.15) is 0 Å². The highest BCUT2D eigenvalue weighted by Gasteiger charge is 2.15. The maximum Gasteiger partial charge on any atom is 0.254 e. The molecule has 0 bridgehead atoms. The molecule has 0 fully saturated rings. The van der Waals surface area contributed by atoms with E-state index in [1.54, 1.807) is 10.9 Å². The molecule has 3 rings (SSSR count). The number of nitrogens with two attached hydrogens (primary N) is 1. The summed E-state index contributed by atoms with van der Waals surface area (Å²) >= 11 is 0. The van der Waals surface area contributed by atoms with Gasteiger partial charge in [-0.15, -0.1) is 0 Å². The molecule has 1 aromatic heterocycles. The average molecular weight is 362 g/mol. The molecule has 0 saturated carbocycles. The second-order valence-electron chi connectivity index (χ2n) is 7.05. The number of amides is 1. The van der Waals surface area contributed by atoms with E-state index in [-0.39, 0.29) is 11.9 Å². The lowest BCUT2D eigenvalue weighted by molar-refractivity contribution is 0.0950. The topological polar surface area (TPSA) is 72.9 Å². The molecule has 1 heterocycles. The molecule has 5 heteroatoms. The number of aryl methyl sites for hydroxylation is 1. The number of carbonyl (C=O) groups is 1. The number of nitrogens with zero attached hydrogens (tertiary/aromatic N) is 2. The minimum absolute atomic E-state index is 0.163. The Morgan fingerprint density at radius 2 is 1.70 bits per heavy atom. The lowest BCUT2D eigenvalue weighted by Gasteiger charge is -2.14. The van der Waals surface area contributed by atoms with Gasteiger partial charge in [-0.1, -0.05) is 56.3 Å². The van der Waals surface area contributed by atoms with Crippen molar-refractivity contribution in [1.82, 2.24) is 15.1 Å². The largest absolute Gasteiger partial charge is 0.350 e. The van der Waals surface area contributed by atoms with Crippen LogP contribution in [0.1, 0.15) is 53.0 Å². The summed E-state index contributed by atoms with van der Waals surface area (Å²) in [4.78, 5) is 12.6. The zero-order valence-corrected chi connectivity index (χ0v) is 16.0. The predicted molar refractivity (Wildman–Crippen MR) is 108 cm³/mol. The molecule has 140 valence electrons. The number of nitrogens with one attached hydrogen (secondary N) is 1. The van der Waals surface area contributed by atoms with Crippen molar-refractivity contribution in [2.75, 3.05) is 6.54 Å². The SMILES string of the molecule is Cc1nn(-c2ccccc2)cc1C(=O)NCC(N)c1ccc(C(C)C)cc1. The molecule has 0 aliphatic carbocycles. The number of hydrogen-bond donors (Lipinski definition) is 2. The molecule has 3 aromatic rings. The maximum atomic E-state index is 12.6. The number of benzene rings is 2. The standard InChI is InChI=1S/C22H26N4O/c1-15(2)17-9-11-18(12-10-17)21(23)13-24-22(27)20-14-26(25-16(20)3)19-7-5-4-6-8-19/h4-12,14-15,21H,13,23H2,1-3H3,(H,24,27). The maximum absolute atomic E-state index is 12.6. The lowest BCUT2D eigenvalue weighted by Crippen LogP contribution is -2.32. The van der Waals surface area contributed by atoms with E-state index in [9.17, 15) is 4.79 Å². The summed E-state index contributed by atoms with van der Waals surface area (Å²) in [5.74, 6) is 0.322. The summed E-state index contributed by atoms with van der Waals surface area (Å²) in [7, 11) is 0. The molecule has 1 amide bonds. The van der Waals surface area contributed by atoms with Crippen molar-refractivity contribution in [2.24, 2.45) is 5.73 Å². The van der Waals surface area contributed by atoms with E-state index in [2.05, 4.69) is 36.4 Å². The monoisotopic (exact) mass is 362 g/mol. The fourth-order valence-corrected chi connectivity index (χ4v) is 2.94. The molecule has 5 nitrogen and oxygen atoms in total. The van der Waals surface area contributed by atoms with Gasteiger partial charge in [0.2, 0.25) is 0 Å². The smallest absolute Gasteiger partial charge is 0.254 e. The summed E-state index contributed by atoms with van der Waals surface area (Å²) in [6, 6.07) is 17.7. The van der Waals surface area contributed by atoms with Crippen LogP contribution in [0, 0.1) is 6.92 Å². The zero-order valence-electron chi connectivity index (χ0n) is 16.0. The van der Waals surface area contributed by atoms with Gasteiger partial charge in [-0.3, -0.25) is 4.79 Å². The minimum Gasteiger partial charge on any atom is -0.350 e. The van der Waals surface area contributed by atoms with Gasteiger partial charge >= 0.3 is 0 Å². The quantitative estimate of drug-likeness (QED) is 0.702. The molecular weight excluding hydrogens is 336 g/mol. The second-order valence-corrected chi connectivity index (χ2v) is 7.05. The molecule has 0 radical (unpaired) electrons. The van der Waals surface area contributed by atoms with Crippen LogP contribution in [0.3, 0.4) is 0 Å². The van der Waals surface area contributed by atoms with Crippen LogP contribution < -0.4 is 11.1 Å². The van der Waals surface area contributed by atoms with E-state index < -0.39 is 0 Å². The van der Waals surface area contributed by atoms with Gasteiger partial charge in [0, 0.05) is 18.8 Å². The van der Waals surface area contributed by atoms with Gasteiger partial charge in [0.15, 0.2) is 0 Å². The van der Waals surface area contributed by atoms with E-state index >= 15 is 0 Å². The van der Waals surface area contributed by atoms with Crippen LogP contribution in [0.15, 0.2) is 60.8 Å². The van der Waals surface area contributed by atoms with Gasteiger partial charge in [-0.25, -0.2) is 4.68 Å². The van der Waals surface area contributed by atoms with Crippen LogP contribution in [-0.4, -0.2) is 22.2 Å². The fraction of sp³-hybridized carbons (Fsp3) is 0.273. The summed E-state index contributed by atoms with van der Waals surface area (Å²) < 4.78 is 1.72. The van der Waals surface area contributed by atoms with Gasteiger partial charge in [0.05, 0.1) is 16.9 Å². The van der Waals surface area contributed by atoms with Crippen LogP contribution >= 0.6 is 0 Å². The normalized spacial score (nSPS) is 12.2. The molecule has 0 saturated heterocycles. The Kier molecular flexibility index (Phi) is 5.72. The van der Waals surface area contributed by atoms with Gasteiger partial charge < -0.3 is 11.1 Å². The Morgan fingerprint density at radius 3 is 2.33 bits per heavy atom. The molecule has 3 N–H and O–H groups in total. The Bertz CT molecular complexity index is 898. The third-order valence-corrected chi connectivity index (χ3v) is 4.68. The van der Waals surface area contributed by atoms with Crippen molar-refractivity contribution < 1.29 is 4.79 Å². The number of aromatic nitrogens is 2. The van der Waals surface area contributed by atoms with Crippen LogP contribution in [-0.2, 0) is 0 Å². The van der Waals surface area contributed by atoms with Gasteiger partial charge in [0.25, 0.3) is 5.91 Å². The summed E-state index contributed by atoms with van der Waals surface area (Å²) in [6.07, 6.45) is 1.75. The highest BCUT2D eigenvalue weighted by Crippen LogP contribution is 2.18. The van der Waals surface area contributed by atoms with E-state index in [4.69, 9.17) is 5.73 Å². The second kappa shape index (κ2) is 8.18. The predicted octanol–water partition coefficient (Wildman–Crippen LogP) is 3.73. The Labute approximate surface area is 160 Å². The van der Waals surface area contributed by atoms with E-state index in [1.807, 2.05) is 49.4 Å². The van der Waals surface area contributed by atoms with Gasteiger partial charge in [-0.2, -0.15) is 5.10 Å². The van der Waals surface area contributed by atoms with E-state index in [0.717, 1.165) is 11.3 Å². The van der Waals surface area contributed by atoms with Crippen molar-refractivity contribution in [3.8, 4) is 5.69 Å². The Balaban J connectivity index is 1.64. The zero-order chi connectivity index (χ0) is 19.4. The molecule has 27 heavy (non-hydrogen) atoms. The highest BCUT2D eigenvalue weighted by molar-refractivity contribution is 5.95. The Hall–Kier alpha value is -2.92. The molecular formula is C22H26N4O. The highest BCUT2D eigenvalue weighted by atomic mass is 16.1. The van der Waals surface area contributed by atoms with Gasteiger partial charge in [-0.05, 0) is 36.1 Å². The van der Waals surface area contributed by atoms with Crippen LogP contribution in [0.5, 0.6) is 0 Å². The molecule has 0 aliphatic rings. The van der Waals surface area contributed by atoms with Crippen molar-refractivity contribution in [1.29, 1.82) is 0 Å². The summed E-state index contributed by atoms with van der Waals surface area (Å²) in [6.45, 7) is 6.52. The molecule has 0 aliphatic heterocycles. The molecule has 2 aromatic carbocycles. The first-order valence-corrected chi connectivity index (χ1v) is 9.21. The van der Waals surface area contributed by atoms with Crippen LogP contribution in [0.25, 0.3) is 5.69 Å².